The van der Waals surface area contributed by atoms with Gasteiger partial charge in [0.1, 0.15) is 6.10 Å². The molecule has 0 aromatic heterocycles. The number of ether oxygens (including phenoxy) is 1. The molecule has 21 heavy (non-hydrogen) atoms. The molecule has 1 heterocycles. The standard InChI is InChI=1S/C17H14O4/c18-15(12-9-5-2-6-10-12)14-13(16(19)21-17(14)20)11-7-3-1-4-8-11/h1-10,15,17-18,20H. The first-order valence-corrected chi connectivity index (χ1v) is 6.60. The minimum Gasteiger partial charge on any atom is -0.428 e. The smallest absolute Gasteiger partial charge is 0.341 e. The van der Waals surface area contributed by atoms with Crippen LogP contribution in [0, 0.1) is 0 Å². The van der Waals surface area contributed by atoms with Gasteiger partial charge in [0.15, 0.2) is 0 Å². The molecule has 4 nitrogen and oxygen atoms in total. The highest BCUT2D eigenvalue weighted by molar-refractivity contribution is 6.19. The van der Waals surface area contributed by atoms with Gasteiger partial charge in [-0.25, -0.2) is 4.79 Å². The van der Waals surface area contributed by atoms with Crippen molar-refractivity contribution in [1.29, 1.82) is 0 Å². The summed E-state index contributed by atoms with van der Waals surface area (Å²) in [5, 5.41) is 20.5. The molecular formula is C17H14O4. The molecule has 2 N–H and O–H groups in total. The van der Waals surface area contributed by atoms with Crippen LogP contribution in [0.1, 0.15) is 17.2 Å². The van der Waals surface area contributed by atoms with Gasteiger partial charge >= 0.3 is 5.97 Å². The molecule has 0 radical (unpaired) electrons. The molecule has 4 heteroatoms. The van der Waals surface area contributed by atoms with E-state index in [2.05, 4.69) is 0 Å². The van der Waals surface area contributed by atoms with Crippen LogP contribution in [-0.2, 0) is 9.53 Å². The van der Waals surface area contributed by atoms with Gasteiger partial charge in [0.25, 0.3) is 0 Å². The summed E-state index contributed by atoms with van der Waals surface area (Å²) in [6.45, 7) is 0. The van der Waals surface area contributed by atoms with Crippen LogP contribution < -0.4 is 0 Å². The number of hydrogen-bond donors (Lipinski definition) is 2. The minimum atomic E-state index is -1.43. The number of aliphatic hydroxyl groups excluding tert-OH is 2. The van der Waals surface area contributed by atoms with E-state index in [1.54, 1.807) is 48.5 Å². The lowest BCUT2D eigenvalue weighted by Crippen LogP contribution is -2.15. The maximum atomic E-state index is 12.0. The van der Waals surface area contributed by atoms with E-state index in [4.69, 9.17) is 4.74 Å². The van der Waals surface area contributed by atoms with Crippen molar-refractivity contribution in [1.82, 2.24) is 0 Å². The molecule has 0 saturated carbocycles. The summed E-state index contributed by atoms with van der Waals surface area (Å²) < 4.78 is 4.87. The van der Waals surface area contributed by atoms with Crippen LogP contribution in [0.3, 0.4) is 0 Å². The fourth-order valence-corrected chi connectivity index (χ4v) is 2.44. The molecule has 2 aromatic carbocycles. The van der Waals surface area contributed by atoms with Gasteiger partial charge < -0.3 is 14.9 Å². The molecule has 2 aromatic rings. The number of aliphatic hydroxyl groups is 2. The van der Waals surface area contributed by atoms with E-state index in [-0.39, 0.29) is 11.1 Å². The third-order valence-electron chi connectivity index (χ3n) is 3.45. The lowest BCUT2D eigenvalue weighted by molar-refractivity contribution is -0.151. The van der Waals surface area contributed by atoms with E-state index in [0.717, 1.165) is 0 Å². The Hall–Kier alpha value is -2.43. The molecule has 0 amide bonds. The maximum Gasteiger partial charge on any atom is 0.341 e. The molecule has 3 rings (SSSR count). The zero-order chi connectivity index (χ0) is 14.8. The lowest BCUT2D eigenvalue weighted by atomic mass is 9.94. The summed E-state index contributed by atoms with van der Waals surface area (Å²) in [5.41, 5.74) is 1.61. The zero-order valence-corrected chi connectivity index (χ0v) is 11.1. The monoisotopic (exact) mass is 282 g/mol. The number of carbonyl (C=O) groups excluding carboxylic acids is 1. The molecule has 0 fully saturated rings. The fraction of sp³-hybridized carbons (Fsp3) is 0.118. The van der Waals surface area contributed by atoms with Crippen LogP contribution in [-0.4, -0.2) is 22.5 Å². The number of carbonyl (C=O) groups is 1. The summed E-state index contributed by atoms with van der Waals surface area (Å²) in [4.78, 5) is 12.0. The van der Waals surface area contributed by atoms with Crippen molar-refractivity contribution in [3.63, 3.8) is 0 Å². The molecule has 2 unspecified atom stereocenters. The van der Waals surface area contributed by atoms with Crippen molar-refractivity contribution >= 4 is 11.5 Å². The van der Waals surface area contributed by atoms with Crippen LogP contribution in [0.25, 0.3) is 5.57 Å². The van der Waals surface area contributed by atoms with Crippen LogP contribution in [0.2, 0.25) is 0 Å². The van der Waals surface area contributed by atoms with Crippen LogP contribution in [0.5, 0.6) is 0 Å². The molecular weight excluding hydrogens is 268 g/mol. The molecule has 1 aliphatic heterocycles. The second-order valence-corrected chi connectivity index (χ2v) is 4.77. The second kappa shape index (κ2) is 5.52. The van der Waals surface area contributed by atoms with E-state index in [1.165, 1.54) is 0 Å². The van der Waals surface area contributed by atoms with E-state index in [0.29, 0.717) is 11.1 Å². The Morgan fingerprint density at radius 1 is 0.952 bits per heavy atom. The second-order valence-electron chi connectivity index (χ2n) is 4.77. The van der Waals surface area contributed by atoms with Crippen molar-refractivity contribution in [3.8, 4) is 0 Å². The normalized spacial score (nSPS) is 19.5. The number of rotatable bonds is 3. The molecule has 0 aliphatic carbocycles. The molecule has 1 aliphatic rings. The average Bonchev–Trinajstić information content (AvgIpc) is 2.82. The van der Waals surface area contributed by atoms with Gasteiger partial charge in [0, 0.05) is 5.57 Å². The van der Waals surface area contributed by atoms with E-state index >= 15 is 0 Å². The van der Waals surface area contributed by atoms with E-state index < -0.39 is 18.4 Å². The maximum absolute atomic E-state index is 12.0. The number of esters is 1. The molecule has 2 atom stereocenters. The quantitative estimate of drug-likeness (QED) is 0.846. The Bertz CT molecular complexity index is 676. The Balaban J connectivity index is 2.11. The van der Waals surface area contributed by atoms with Gasteiger partial charge in [-0.15, -0.1) is 0 Å². The van der Waals surface area contributed by atoms with E-state index in [1.807, 2.05) is 12.1 Å². The molecule has 0 spiro atoms. The summed E-state index contributed by atoms with van der Waals surface area (Å²) in [5.74, 6) is -0.626. The first kappa shape index (κ1) is 13.5. The Labute approximate surface area is 121 Å². The lowest BCUT2D eigenvalue weighted by Gasteiger charge is -2.15. The van der Waals surface area contributed by atoms with Crippen molar-refractivity contribution < 1.29 is 19.7 Å². The first-order chi connectivity index (χ1) is 10.2. The Morgan fingerprint density at radius 2 is 1.52 bits per heavy atom. The van der Waals surface area contributed by atoms with Crippen LogP contribution in [0.15, 0.2) is 66.2 Å². The highest BCUT2D eigenvalue weighted by Crippen LogP contribution is 2.37. The van der Waals surface area contributed by atoms with Crippen molar-refractivity contribution in [2.75, 3.05) is 0 Å². The molecule has 0 bridgehead atoms. The van der Waals surface area contributed by atoms with Crippen molar-refractivity contribution in [3.05, 3.63) is 77.4 Å². The largest absolute Gasteiger partial charge is 0.428 e. The minimum absolute atomic E-state index is 0.178. The molecule has 0 saturated heterocycles. The zero-order valence-electron chi connectivity index (χ0n) is 11.1. The van der Waals surface area contributed by atoms with Crippen LogP contribution >= 0.6 is 0 Å². The van der Waals surface area contributed by atoms with Gasteiger partial charge in [-0.1, -0.05) is 60.7 Å². The summed E-state index contributed by atoms with van der Waals surface area (Å²) >= 11 is 0. The van der Waals surface area contributed by atoms with Gasteiger partial charge in [-0.3, -0.25) is 0 Å². The number of hydrogen-bond acceptors (Lipinski definition) is 4. The number of benzene rings is 2. The summed E-state index contributed by atoms with van der Waals surface area (Å²) in [6, 6.07) is 17.7. The van der Waals surface area contributed by atoms with Gasteiger partial charge in [-0.2, -0.15) is 0 Å². The van der Waals surface area contributed by atoms with Crippen molar-refractivity contribution in [2.24, 2.45) is 0 Å². The first-order valence-electron chi connectivity index (χ1n) is 6.60. The SMILES string of the molecule is O=C1OC(O)C(C(O)c2ccccc2)=C1c1ccccc1. The van der Waals surface area contributed by atoms with Gasteiger partial charge in [-0.05, 0) is 11.1 Å². The highest BCUT2D eigenvalue weighted by Gasteiger charge is 2.37. The Kier molecular flexibility index (Phi) is 3.56. The predicted molar refractivity (Wildman–Crippen MR) is 76.9 cm³/mol. The number of cyclic esters (lactones) is 1. The van der Waals surface area contributed by atoms with E-state index in [9.17, 15) is 15.0 Å². The predicted octanol–water partition coefficient (Wildman–Crippen LogP) is 2.05. The topological polar surface area (TPSA) is 66.8 Å². The Morgan fingerprint density at radius 3 is 2.14 bits per heavy atom. The highest BCUT2D eigenvalue weighted by atomic mass is 16.6. The van der Waals surface area contributed by atoms with Gasteiger partial charge in [0.05, 0.1) is 5.57 Å². The summed E-state index contributed by atoms with van der Waals surface area (Å²) in [7, 11) is 0. The van der Waals surface area contributed by atoms with Crippen LogP contribution in [0.4, 0.5) is 0 Å². The third-order valence-corrected chi connectivity index (χ3v) is 3.45. The summed E-state index contributed by atoms with van der Waals surface area (Å²) in [6.07, 6.45) is -2.52. The average molecular weight is 282 g/mol. The van der Waals surface area contributed by atoms with Gasteiger partial charge in [0.2, 0.25) is 6.29 Å². The molecule has 106 valence electrons. The third kappa shape index (κ3) is 2.46. The van der Waals surface area contributed by atoms with Crippen molar-refractivity contribution in [2.45, 2.75) is 12.4 Å². The fourth-order valence-electron chi connectivity index (χ4n) is 2.44.